The van der Waals surface area contributed by atoms with Crippen LogP contribution in [0, 0.1) is 5.92 Å². The molecule has 1 heterocycles. The molecule has 1 atom stereocenters. The van der Waals surface area contributed by atoms with Gasteiger partial charge >= 0.3 is 0 Å². The van der Waals surface area contributed by atoms with Gasteiger partial charge in [0.15, 0.2) is 5.78 Å². The van der Waals surface area contributed by atoms with Gasteiger partial charge in [-0.05, 0) is 37.8 Å². The summed E-state index contributed by atoms with van der Waals surface area (Å²) in [5.41, 5.74) is -0.911. The van der Waals surface area contributed by atoms with E-state index in [1.165, 1.54) is 11.3 Å². The molecule has 1 aromatic heterocycles. The Morgan fingerprint density at radius 3 is 2.59 bits per heavy atom. The maximum absolute atomic E-state index is 11.9. The molecule has 0 aromatic carbocycles. The second-order valence-corrected chi connectivity index (χ2v) is 7.95. The Morgan fingerprint density at radius 2 is 2.05 bits per heavy atom. The third-order valence-electron chi connectivity index (χ3n) is 3.35. The minimum Gasteiger partial charge on any atom is -0.388 e. The Hall–Kier alpha value is -0.910. The lowest BCUT2D eigenvalue weighted by Gasteiger charge is -2.24. The lowest BCUT2D eigenvalue weighted by atomic mass is 9.95. The van der Waals surface area contributed by atoms with E-state index in [-0.39, 0.29) is 31.1 Å². The van der Waals surface area contributed by atoms with Gasteiger partial charge in [-0.1, -0.05) is 25.4 Å². The average molecular weight is 346 g/mol. The molecule has 124 valence electrons. The fraction of sp³-hybridized carbons (Fsp3) is 0.625. The summed E-state index contributed by atoms with van der Waals surface area (Å²) in [4.78, 5) is 24.2. The monoisotopic (exact) mass is 345 g/mol. The summed E-state index contributed by atoms with van der Waals surface area (Å²) in [6.45, 7) is 6.11. The van der Waals surface area contributed by atoms with Gasteiger partial charge in [0.1, 0.15) is 0 Å². The topological polar surface area (TPSA) is 66.4 Å². The number of thiophene rings is 1. The summed E-state index contributed by atoms with van der Waals surface area (Å²) in [6, 6.07) is 3.34. The number of rotatable bonds is 9. The molecule has 4 nitrogen and oxygen atoms in total. The zero-order valence-corrected chi connectivity index (χ0v) is 14.9. The molecule has 22 heavy (non-hydrogen) atoms. The van der Waals surface area contributed by atoms with Gasteiger partial charge < -0.3 is 10.4 Å². The van der Waals surface area contributed by atoms with Crippen LogP contribution < -0.4 is 5.32 Å². The average Bonchev–Trinajstić information content (AvgIpc) is 2.87. The molecule has 6 heteroatoms. The van der Waals surface area contributed by atoms with E-state index in [1.807, 2.05) is 0 Å². The molecule has 0 unspecified atom stereocenters. The zero-order chi connectivity index (χ0) is 16.8. The number of hydrogen-bond acceptors (Lipinski definition) is 4. The lowest BCUT2D eigenvalue weighted by molar-refractivity contribution is -0.122. The Bertz CT molecular complexity index is 511. The van der Waals surface area contributed by atoms with Gasteiger partial charge in [0.25, 0.3) is 0 Å². The summed E-state index contributed by atoms with van der Waals surface area (Å²) in [5, 5.41) is 12.9. The first-order chi connectivity index (χ1) is 10.2. The van der Waals surface area contributed by atoms with Crippen LogP contribution in [0.2, 0.25) is 4.34 Å². The third kappa shape index (κ3) is 7.38. The highest BCUT2D eigenvalue weighted by Gasteiger charge is 2.21. The highest BCUT2D eigenvalue weighted by atomic mass is 35.5. The van der Waals surface area contributed by atoms with E-state index in [0.717, 1.165) is 6.42 Å². The summed E-state index contributed by atoms with van der Waals surface area (Å²) in [6.07, 6.45) is 1.81. The van der Waals surface area contributed by atoms with Crippen molar-refractivity contribution >= 4 is 34.6 Å². The second kappa shape index (κ2) is 8.65. The molecular formula is C16H24ClNO3S. The molecule has 0 spiro atoms. The van der Waals surface area contributed by atoms with E-state index in [2.05, 4.69) is 19.2 Å². The van der Waals surface area contributed by atoms with Gasteiger partial charge in [-0.15, -0.1) is 11.3 Å². The Kier molecular flexibility index (Phi) is 7.53. The fourth-order valence-corrected chi connectivity index (χ4v) is 2.89. The van der Waals surface area contributed by atoms with Gasteiger partial charge in [-0.25, -0.2) is 0 Å². The highest BCUT2D eigenvalue weighted by molar-refractivity contribution is 7.18. The number of aliphatic hydroxyl groups is 1. The molecule has 0 aliphatic rings. The molecular weight excluding hydrogens is 322 g/mol. The van der Waals surface area contributed by atoms with E-state index in [9.17, 15) is 14.7 Å². The smallest absolute Gasteiger partial charge is 0.220 e. The molecule has 0 bridgehead atoms. The summed E-state index contributed by atoms with van der Waals surface area (Å²) < 4.78 is 0.564. The standard InChI is InChI=1S/C16H24ClNO3S/c1-11(2)8-9-16(3,21)10-18-15(20)7-4-12(19)13-5-6-14(17)22-13/h5-6,11,21H,4,7-10H2,1-3H3,(H,18,20)/t16-/m1/s1. The van der Waals surface area contributed by atoms with Crippen LogP contribution in [0.1, 0.15) is 56.1 Å². The van der Waals surface area contributed by atoms with Crippen molar-refractivity contribution in [2.45, 2.75) is 52.1 Å². The van der Waals surface area contributed by atoms with Crippen molar-refractivity contribution in [3.05, 3.63) is 21.3 Å². The summed E-state index contributed by atoms with van der Waals surface area (Å²) in [7, 11) is 0. The molecule has 1 aromatic rings. The molecule has 0 aliphatic carbocycles. The fourth-order valence-electron chi connectivity index (χ4n) is 1.88. The number of halogens is 1. The quantitative estimate of drug-likeness (QED) is 0.671. The third-order valence-corrected chi connectivity index (χ3v) is 4.63. The van der Waals surface area contributed by atoms with Crippen LogP contribution in [0.5, 0.6) is 0 Å². The van der Waals surface area contributed by atoms with Gasteiger partial charge in [-0.2, -0.15) is 0 Å². The number of nitrogens with one attached hydrogen (secondary N) is 1. The first-order valence-corrected chi connectivity index (χ1v) is 8.66. The van der Waals surface area contributed by atoms with Crippen molar-refractivity contribution in [2.75, 3.05) is 6.54 Å². The number of hydrogen-bond donors (Lipinski definition) is 2. The van der Waals surface area contributed by atoms with Crippen LogP contribution in [0.25, 0.3) is 0 Å². The van der Waals surface area contributed by atoms with Crippen LogP contribution >= 0.6 is 22.9 Å². The SMILES string of the molecule is CC(C)CC[C@@](C)(O)CNC(=O)CCC(=O)c1ccc(Cl)s1. The maximum atomic E-state index is 11.9. The van der Waals surface area contributed by atoms with Crippen molar-refractivity contribution in [3.63, 3.8) is 0 Å². The first-order valence-electron chi connectivity index (χ1n) is 7.47. The van der Waals surface area contributed by atoms with Gasteiger partial charge in [0.05, 0.1) is 14.8 Å². The highest BCUT2D eigenvalue weighted by Crippen LogP contribution is 2.23. The molecule has 1 rings (SSSR count). The summed E-state index contributed by atoms with van der Waals surface area (Å²) in [5.74, 6) is 0.205. The van der Waals surface area contributed by atoms with Gasteiger partial charge in [-0.3, -0.25) is 9.59 Å². The van der Waals surface area contributed by atoms with Crippen molar-refractivity contribution < 1.29 is 14.7 Å². The van der Waals surface area contributed by atoms with Gasteiger partial charge in [0, 0.05) is 19.4 Å². The van der Waals surface area contributed by atoms with Crippen LogP contribution in [0.4, 0.5) is 0 Å². The predicted molar refractivity (Wildman–Crippen MR) is 90.6 cm³/mol. The molecule has 1 amide bonds. The van der Waals surface area contributed by atoms with Crippen molar-refractivity contribution in [2.24, 2.45) is 5.92 Å². The molecule has 2 N–H and O–H groups in total. The Morgan fingerprint density at radius 1 is 1.36 bits per heavy atom. The second-order valence-electron chi connectivity index (χ2n) is 6.23. The Labute approximate surface area is 140 Å². The minimum atomic E-state index is -0.911. The normalized spacial score (nSPS) is 13.9. The van der Waals surface area contributed by atoms with E-state index < -0.39 is 5.60 Å². The minimum absolute atomic E-state index is 0.0846. The number of carbonyl (C=O) groups is 2. The Balaban J connectivity index is 2.30. The summed E-state index contributed by atoms with van der Waals surface area (Å²) >= 11 is 7.00. The van der Waals surface area contributed by atoms with E-state index >= 15 is 0 Å². The van der Waals surface area contributed by atoms with Gasteiger partial charge in [0.2, 0.25) is 5.91 Å². The molecule has 0 aliphatic heterocycles. The first kappa shape index (κ1) is 19.1. The van der Waals surface area contributed by atoms with E-state index in [0.29, 0.717) is 21.6 Å². The van der Waals surface area contributed by atoms with Crippen LogP contribution in [0.15, 0.2) is 12.1 Å². The molecule has 0 fully saturated rings. The van der Waals surface area contributed by atoms with Crippen molar-refractivity contribution in [1.29, 1.82) is 0 Å². The largest absolute Gasteiger partial charge is 0.388 e. The zero-order valence-electron chi connectivity index (χ0n) is 13.3. The maximum Gasteiger partial charge on any atom is 0.220 e. The molecule has 0 saturated carbocycles. The number of carbonyl (C=O) groups excluding carboxylic acids is 2. The molecule has 0 saturated heterocycles. The van der Waals surface area contributed by atoms with Crippen molar-refractivity contribution in [3.8, 4) is 0 Å². The van der Waals surface area contributed by atoms with Crippen molar-refractivity contribution in [1.82, 2.24) is 5.32 Å². The number of amides is 1. The predicted octanol–water partition coefficient (Wildman–Crippen LogP) is 3.67. The number of Topliss-reactive ketones (excluding diaryl/α,β-unsaturated/α-hetero) is 1. The van der Waals surface area contributed by atoms with E-state index in [4.69, 9.17) is 11.6 Å². The lowest BCUT2D eigenvalue weighted by Crippen LogP contribution is -2.40. The van der Waals surface area contributed by atoms with Crippen LogP contribution in [-0.4, -0.2) is 28.9 Å². The van der Waals surface area contributed by atoms with Crippen LogP contribution in [-0.2, 0) is 4.79 Å². The van der Waals surface area contributed by atoms with E-state index in [1.54, 1.807) is 19.1 Å². The van der Waals surface area contributed by atoms with Crippen LogP contribution in [0.3, 0.4) is 0 Å². The number of ketones is 1. The molecule has 0 radical (unpaired) electrons.